The van der Waals surface area contributed by atoms with E-state index in [9.17, 15) is 24.6 Å². The van der Waals surface area contributed by atoms with E-state index in [1.165, 1.54) is 0 Å². The molecule has 0 heterocycles. The van der Waals surface area contributed by atoms with Gasteiger partial charge < -0.3 is 20.7 Å². The van der Waals surface area contributed by atoms with Crippen LogP contribution in [0.2, 0.25) is 0 Å². The lowest BCUT2D eigenvalue weighted by Crippen LogP contribution is -2.61. The molecule has 192 valence electrons. The van der Waals surface area contributed by atoms with Crippen molar-refractivity contribution in [3.05, 3.63) is 48.1 Å². The van der Waals surface area contributed by atoms with Crippen LogP contribution in [-0.4, -0.2) is 46.2 Å². The number of amides is 1. The Balaban J connectivity index is 1.32. The summed E-state index contributed by atoms with van der Waals surface area (Å²) in [5, 5.41) is 25.7. The zero-order valence-electron chi connectivity index (χ0n) is 20.7. The summed E-state index contributed by atoms with van der Waals surface area (Å²) in [7, 11) is 0. The largest absolute Gasteiger partial charge is 0.441 e. The predicted octanol–water partition coefficient (Wildman–Crippen LogP) is 3.40. The predicted molar refractivity (Wildman–Crippen MR) is 134 cm³/mol. The van der Waals surface area contributed by atoms with Crippen molar-refractivity contribution < 1.29 is 29.3 Å². The van der Waals surface area contributed by atoms with Gasteiger partial charge in [-0.3, -0.25) is 14.9 Å². The first-order valence-corrected chi connectivity index (χ1v) is 12.7. The Morgan fingerprint density at radius 1 is 1.25 bits per heavy atom. The van der Waals surface area contributed by atoms with Crippen molar-refractivity contribution in [1.82, 2.24) is 0 Å². The number of fused-ring (bicyclic) bond motifs is 5. The number of allylic oxidation sites excluding steroid dienone is 4. The second-order valence-electron chi connectivity index (χ2n) is 11.4. The molecule has 0 radical (unpaired) electrons. The number of aliphatic hydroxyl groups is 2. The molecule has 0 aromatic heterocycles. The van der Waals surface area contributed by atoms with Gasteiger partial charge in [0.2, 0.25) is 5.78 Å². The minimum Gasteiger partial charge on any atom is -0.441 e. The molecular weight excluding hydrogens is 460 g/mol. The molecule has 7 atom stereocenters. The van der Waals surface area contributed by atoms with Gasteiger partial charge in [-0.1, -0.05) is 31.6 Å². The molecule has 4 aliphatic carbocycles. The lowest BCUT2D eigenvalue weighted by atomic mass is 9.46. The van der Waals surface area contributed by atoms with Crippen LogP contribution < -0.4 is 11.1 Å². The molecule has 5 rings (SSSR count). The summed E-state index contributed by atoms with van der Waals surface area (Å²) in [6.45, 7) is 3.42. The van der Waals surface area contributed by atoms with Gasteiger partial charge in [0.25, 0.3) is 0 Å². The van der Waals surface area contributed by atoms with Gasteiger partial charge in [-0.15, -0.1) is 0 Å². The molecule has 3 saturated carbocycles. The summed E-state index contributed by atoms with van der Waals surface area (Å²) in [5.74, 6) is -0.514. The van der Waals surface area contributed by atoms with Crippen LogP contribution in [0.15, 0.2) is 48.1 Å². The summed E-state index contributed by atoms with van der Waals surface area (Å²) in [4.78, 5) is 37.6. The van der Waals surface area contributed by atoms with E-state index in [0.717, 1.165) is 18.4 Å². The Morgan fingerprint density at radius 2 is 2.03 bits per heavy atom. The second-order valence-corrected chi connectivity index (χ2v) is 11.4. The van der Waals surface area contributed by atoms with Crippen molar-refractivity contribution in [1.29, 1.82) is 0 Å². The average molecular weight is 495 g/mol. The van der Waals surface area contributed by atoms with Crippen molar-refractivity contribution in [2.24, 2.45) is 28.6 Å². The number of Topliss-reactive ketones (excluding diaryl/α,β-unsaturated/α-hetero) is 1. The molecule has 8 nitrogen and oxygen atoms in total. The molecule has 3 fully saturated rings. The lowest BCUT2D eigenvalue weighted by molar-refractivity contribution is -0.178. The fourth-order valence-electron chi connectivity index (χ4n) is 7.81. The average Bonchev–Trinajstić information content (AvgIpc) is 3.09. The van der Waals surface area contributed by atoms with Crippen molar-refractivity contribution in [2.45, 2.75) is 57.7 Å². The molecule has 4 aliphatic rings. The fraction of sp³-hybridized carbons (Fsp3) is 0.536. The molecule has 1 aromatic carbocycles. The van der Waals surface area contributed by atoms with E-state index in [2.05, 4.69) is 12.2 Å². The first-order valence-electron chi connectivity index (χ1n) is 12.7. The quantitative estimate of drug-likeness (QED) is 0.471. The van der Waals surface area contributed by atoms with Gasteiger partial charge >= 0.3 is 6.09 Å². The van der Waals surface area contributed by atoms with Crippen molar-refractivity contribution in [3.63, 3.8) is 0 Å². The number of nitrogens with two attached hydrogens (primary N) is 1. The molecule has 0 spiro atoms. The molecule has 0 aliphatic heterocycles. The Kier molecular flexibility index (Phi) is 5.87. The van der Waals surface area contributed by atoms with E-state index in [1.807, 2.05) is 13.0 Å². The lowest BCUT2D eigenvalue weighted by Gasteiger charge is -2.59. The number of benzene rings is 1. The minimum atomic E-state index is -1.70. The Morgan fingerprint density at radius 3 is 2.78 bits per heavy atom. The Bertz CT molecular complexity index is 1180. The van der Waals surface area contributed by atoms with E-state index in [-0.39, 0.29) is 36.4 Å². The summed E-state index contributed by atoms with van der Waals surface area (Å²) in [6.07, 6.45) is 6.42. The van der Waals surface area contributed by atoms with Crippen LogP contribution in [0.25, 0.3) is 0 Å². The van der Waals surface area contributed by atoms with Crippen LogP contribution in [0.4, 0.5) is 16.2 Å². The third-order valence-electron chi connectivity index (χ3n) is 9.58. The van der Waals surface area contributed by atoms with Crippen molar-refractivity contribution in [2.75, 3.05) is 17.7 Å². The van der Waals surface area contributed by atoms with Gasteiger partial charge in [-0.25, -0.2) is 4.79 Å². The van der Waals surface area contributed by atoms with E-state index in [4.69, 9.17) is 10.5 Å². The summed E-state index contributed by atoms with van der Waals surface area (Å²) in [5.41, 5.74) is 4.75. The minimum absolute atomic E-state index is 0.0170. The monoisotopic (exact) mass is 494 g/mol. The number of rotatable bonds is 4. The third kappa shape index (κ3) is 3.69. The number of carbonyl (C=O) groups is 3. The summed E-state index contributed by atoms with van der Waals surface area (Å²) < 4.78 is 5.17. The topological polar surface area (TPSA) is 139 Å². The SMILES string of the molecule is CC12C=CC(=O)C=C1CCC1C2[C@@H](O)CC2(C)C1CC[C@]2(O)C(=O)COC(=O)Nc1cccc(N)c1. The van der Waals surface area contributed by atoms with Gasteiger partial charge in [0, 0.05) is 28.1 Å². The molecule has 5 N–H and O–H groups in total. The number of hydrogen-bond acceptors (Lipinski definition) is 7. The molecule has 1 amide bonds. The normalized spacial score (nSPS) is 38.9. The Hall–Kier alpha value is -2.97. The maximum absolute atomic E-state index is 13.3. The van der Waals surface area contributed by atoms with Crippen LogP contribution in [0.3, 0.4) is 0 Å². The molecule has 8 heteroatoms. The molecule has 1 aromatic rings. The van der Waals surface area contributed by atoms with E-state index >= 15 is 0 Å². The zero-order valence-corrected chi connectivity index (χ0v) is 20.7. The smallest absolute Gasteiger partial charge is 0.412 e. The van der Waals surface area contributed by atoms with Gasteiger partial charge in [0.15, 0.2) is 12.4 Å². The van der Waals surface area contributed by atoms with Gasteiger partial charge in [0.05, 0.1) is 6.10 Å². The van der Waals surface area contributed by atoms with Crippen LogP contribution in [0.5, 0.6) is 0 Å². The highest BCUT2D eigenvalue weighted by Gasteiger charge is 2.68. The van der Waals surface area contributed by atoms with Crippen LogP contribution in [-0.2, 0) is 14.3 Å². The highest BCUT2D eigenvalue weighted by molar-refractivity contribution is 6.01. The number of nitrogen functional groups attached to an aromatic ring is 1. The molecule has 36 heavy (non-hydrogen) atoms. The van der Waals surface area contributed by atoms with Crippen LogP contribution in [0.1, 0.15) is 46.0 Å². The van der Waals surface area contributed by atoms with Crippen LogP contribution >= 0.6 is 0 Å². The highest BCUT2D eigenvalue weighted by Crippen LogP contribution is 2.67. The molecule has 0 saturated heterocycles. The first kappa shape index (κ1) is 24.7. The van der Waals surface area contributed by atoms with Gasteiger partial charge in [0.1, 0.15) is 5.60 Å². The second kappa shape index (κ2) is 8.56. The number of nitrogens with one attached hydrogen (secondary N) is 1. The van der Waals surface area contributed by atoms with Gasteiger partial charge in [-0.2, -0.15) is 0 Å². The van der Waals surface area contributed by atoms with Crippen molar-refractivity contribution >= 4 is 29.0 Å². The summed E-state index contributed by atoms with van der Waals surface area (Å²) >= 11 is 0. The number of carbonyl (C=O) groups excluding carboxylic acids is 3. The molecular formula is C28H34N2O6. The molecule has 5 unspecified atom stereocenters. The van der Waals surface area contributed by atoms with E-state index in [0.29, 0.717) is 17.8 Å². The fourth-order valence-corrected chi connectivity index (χ4v) is 7.81. The highest BCUT2D eigenvalue weighted by atomic mass is 16.6. The first-order chi connectivity index (χ1) is 17.0. The standard InChI is InChI=1S/C28H34N2O6/c1-26-10-8-19(31)12-16(26)6-7-20-21-9-11-28(35,27(21,2)14-22(32)24(20)26)23(33)15-36-25(34)30-18-5-3-4-17(29)13-18/h3-5,8,10,12-13,20-22,24,32,35H,6-7,9,11,14-15,29H2,1-2H3,(H,30,34)/t20?,21?,22-,24?,26?,27?,28-/m0/s1. The maximum Gasteiger partial charge on any atom is 0.412 e. The third-order valence-corrected chi connectivity index (χ3v) is 9.58. The van der Waals surface area contributed by atoms with Crippen molar-refractivity contribution in [3.8, 4) is 0 Å². The van der Waals surface area contributed by atoms with E-state index < -0.39 is 41.0 Å². The number of hydrogen-bond donors (Lipinski definition) is 4. The van der Waals surface area contributed by atoms with Crippen LogP contribution in [0, 0.1) is 28.6 Å². The van der Waals surface area contributed by atoms with E-state index in [1.54, 1.807) is 36.4 Å². The Labute approximate surface area is 210 Å². The summed E-state index contributed by atoms with van der Waals surface area (Å²) in [6, 6.07) is 6.59. The number of anilines is 2. The number of aliphatic hydroxyl groups excluding tert-OH is 1. The number of ketones is 2. The number of ether oxygens (including phenoxy) is 1. The zero-order chi connectivity index (χ0) is 25.9. The maximum atomic E-state index is 13.3. The van der Waals surface area contributed by atoms with Gasteiger partial charge in [-0.05, 0) is 74.3 Å². The molecule has 0 bridgehead atoms.